The van der Waals surface area contributed by atoms with Gasteiger partial charge in [-0.2, -0.15) is 5.10 Å². The molecule has 0 aliphatic carbocycles. The number of fused-ring (bicyclic) bond motifs is 1. The number of nitrogens with zero attached hydrogens (tertiary/aromatic N) is 2. The Morgan fingerprint density at radius 2 is 1.93 bits per heavy atom. The highest BCUT2D eigenvalue weighted by Gasteiger charge is 2.52. The summed E-state index contributed by atoms with van der Waals surface area (Å²) in [6, 6.07) is 6.20. The SMILES string of the molecule is C/C(=C\c1ccn(-c2ccc(N)cc2F)n1)[C@@H]1C[C@@H]2O[C@]2(C)CCC[C@H](C)[C@H](O)[C@@H](C)C(=O)C(C)(C)CCC(=O)O1. The number of cyclic esters (lactones) is 1. The number of hydrogen-bond acceptors (Lipinski definition) is 7. The van der Waals surface area contributed by atoms with Crippen LogP contribution in [0.4, 0.5) is 10.1 Å². The molecule has 1 aromatic heterocycles. The first-order valence-corrected chi connectivity index (χ1v) is 14.6. The third kappa shape index (κ3) is 7.25. The van der Waals surface area contributed by atoms with E-state index < -0.39 is 35.3 Å². The van der Waals surface area contributed by atoms with Crippen molar-refractivity contribution in [2.24, 2.45) is 17.3 Å². The van der Waals surface area contributed by atoms with Crippen LogP contribution in [-0.4, -0.2) is 50.6 Å². The average Bonchev–Trinajstić information content (AvgIpc) is 3.31. The van der Waals surface area contributed by atoms with E-state index in [9.17, 15) is 19.1 Å². The zero-order valence-corrected chi connectivity index (χ0v) is 25.0. The standard InChI is InChI=1S/C32H44FN3O5/c1-19-8-7-13-32(6)27(41-32)18-26(40-28(37)11-14-31(4,5)30(39)21(3)29(19)38)20(2)16-23-12-15-36(35-23)25-10-9-22(34)17-24(25)33/h9-10,12,15-17,19,21,26-27,29,38H,7-8,11,13-14,18,34H2,1-6H3/b20-16+/t19-,21+,26-,27-,29-,32+/m0/s1. The van der Waals surface area contributed by atoms with E-state index in [0.717, 1.165) is 24.8 Å². The Balaban J connectivity index is 1.55. The minimum atomic E-state index is -0.779. The Bertz CT molecular complexity index is 1300. The van der Waals surface area contributed by atoms with Gasteiger partial charge in [-0.1, -0.05) is 34.1 Å². The molecule has 2 aromatic rings. The monoisotopic (exact) mass is 569 g/mol. The Kier molecular flexibility index (Phi) is 9.09. The normalized spacial score (nSPS) is 31.8. The Morgan fingerprint density at radius 3 is 2.63 bits per heavy atom. The zero-order valence-electron chi connectivity index (χ0n) is 25.0. The Hall–Kier alpha value is -3.04. The number of rotatable bonds is 3. The molecule has 2 aliphatic heterocycles. The van der Waals surface area contributed by atoms with Gasteiger partial charge in [-0.15, -0.1) is 0 Å². The molecule has 3 N–H and O–H groups in total. The first kappa shape index (κ1) is 30.9. The van der Waals surface area contributed by atoms with Gasteiger partial charge in [0.1, 0.15) is 17.6 Å². The fourth-order valence-electron chi connectivity index (χ4n) is 5.88. The molecule has 2 aliphatic rings. The van der Waals surface area contributed by atoms with Crippen LogP contribution in [0.15, 0.2) is 36.0 Å². The maximum absolute atomic E-state index is 14.4. The summed E-state index contributed by atoms with van der Waals surface area (Å²) >= 11 is 0. The number of esters is 1. The van der Waals surface area contributed by atoms with Crippen molar-refractivity contribution in [2.45, 2.75) is 104 Å². The molecule has 2 fully saturated rings. The quantitative estimate of drug-likeness (QED) is 0.278. The van der Waals surface area contributed by atoms with Crippen LogP contribution < -0.4 is 5.73 Å². The van der Waals surface area contributed by atoms with Crippen LogP contribution in [0.25, 0.3) is 11.8 Å². The van der Waals surface area contributed by atoms with E-state index >= 15 is 0 Å². The van der Waals surface area contributed by atoms with E-state index in [1.807, 2.05) is 33.8 Å². The molecule has 0 spiro atoms. The highest BCUT2D eigenvalue weighted by atomic mass is 19.1. The number of nitrogens with two attached hydrogens (primary N) is 1. The molecule has 0 bridgehead atoms. The van der Waals surface area contributed by atoms with E-state index in [2.05, 4.69) is 12.0 Å². The van der Waals surface area contributed by atoms with Crippen LogP contribution in [0.2, 0.25) is 0 Å². The molecule has 0 radical (unpaired) electrons. The highest BCUT2D eigenvalue weighted by Crippen LogP contribution is 2.45. The first-order valence-electron chi connectivity index (χ1n) is 14.6. The van der Waals surface area contributed by atoms with Gasteiger partial charge in [-0.05, 0) is 74.9 Å². The fourth-order valence-corrected chi connectivity index (χ4v) is 5.88. The minimum absolute atomic E-state index is 0.0251. The lowest BCUT2D eigenvalue weighted by molar-refractivity contribution is -0.149. The molecule has 0 saturated carbocycles. The van der Waals surface area contributed by atoms with Crippen LogP contribution >= 0.6 is 0 Å². The second-order valence-corrected chi connectivity index (χ2v) is 12.8. The molecule has 6 atom stereocenters. The number of aromatic nitrogens is 2. The van der Waals surface area contributed by atoms with Crippen LogP contribution in [0.1, 0.15) is 85.8 Å². The molecule has 0 unspecified atom stereocenters. The van der Waals surface area contributed by atoms with E-state index in [4.69, 9.17) is 15.2 Å². The number of aliphatic hydroxyl groups excluding tert-OH is 1. The first-order chi connectivity index (χ1) is 19.2. The fraction of sp³-hybridized carbons (Fsp3) is 0.594. The highest BCUT2D eigenvalue weighted by molar-refractivity contribution is 5.87. The van der Waals surface area contributed by atoms with E-state index in [1.165, 1.54) is 10.7 Å². The van der Waals surface area contributed by atoms with Gasteiger partial charge < -0.3 is 20.3 Å². The number of halogens is 1. The van der Waals surface area contributed by atoms with Crippen molar-refractivity contribution in [3.8, 4) is 5.69 Å². The van der Waals surface area contributed by atoms with Crippen molar-refractivity contribution in [3.05, 3.63) is 47.5 Å². The lowest BCUT2D eigenvalue weighted by atomic mass is 9.74. The van der Waals surface area contributed by atoms with Gasteiger partial charge >= 0.3 is 5.97 Å². The van der Waals surface area contributed by atoms with Gasteiger partial charge in [-0.3, -0.25) is 9.59 Å². The van der Waals surface area contributed by atoms with Gasteiger partial charge in [0, 0.05) is 36.1 Å². The minimum Gasteiger partial charge on any atom is -0.458 e. The molecule has 4 rings (SSSR count). The lowest BCUT2D eigenvalue weighted by Crippen LogP contribution is -2.39. The molecule has 0 amide bonds. The van der Waals surface area contributed by atoms with Gasteiger partial charge in [-0.25, -0.2) is 9.07 Å². The van der Waals surface area contributed by atoms with Crippen LogP contribution in [0.3, 0.4) is 0 Å². The van der Waals surface area contributed by atoms with Gasteiger partial charge in [0.25, 0.3) is 0 Å². The maximum atomic E-state index is 14.4. The van der Waals surface area contributed by atoms with Crippen LogP contribution in [0, 0.1) is 23.1 Å². The molecular formula is C32H44FN3O5. The Labute approximate surface area is 242 Å². The molecule has 3 heterocycles. The summed E-state index contributed by atoms with van der Waals surface area (Å²) in [7, 11) is 0. The number of anilines is 1. The molecule has 1 aromatic carbocycles. The molecular weight excluding hydrogens is 525 g/mol. The van der Waals surface area contributed by atoms with Gasteiger partial charge in [0.05, 0.1) is 23.5 Å². The summed E-state index contributed by atoms with van der Waals surface area (Å²) in [4.78, 5) is 26.3. The largest absolute Gasteiger partial charge is 0.458 e. The number of carbonyl (C=O) groups excluding carboxylic acids is 2. The predicted molar refractivity (Wildman–Crippen MR) is 156 cm³/mol. The summed E-state index contributed by atoms with van der Waals surface area (Å²) in [5.41, 5.74) is 6.56. The molecule has 8 nitrogen and oxygen atoms in total. The number of carbonyl (C=O) groups is 2. The summed E-state index contributed by atoms with van der Waals surface area (Å²) < 4.78 is 28.0. The number of nitrogen functional groups attached to an aromatic ring is 1. The molecule has 2 saturated heterocycles. The predicted octanol–water partition coefficient (Wildman–Crippen LogP) is 5.65. The molecule has 224 valence electrons. The number of benzene rings is 1. The maximum Gasteiger partial charge on any atom is 0.306 e. The van der Waals surface area contributed by atoms with Crippen molar-refractivity contribution in [2.75, 3.05) is 5.73 Å². The zero-order chi connectivity index (χ0) is 30.1. The number of Topliss-reactive ketones (excluding diaryl/α,β-unsaturated/α-hetero) is 1. The van der Waals surface area contributed by atoms with Crippen molar-refractivity contribution in [1.29, 1.82) is 0 Å². The van der Waals surface area contributed by atoms with E-state index in [1.54, 1.807) is 31.3 Å². The van der Waals surface area contributed by atoms with Crippen molar-refractivity contribution in [3.63, 3.8) is 0 Å². The van der Waals surface area contributed by atoms with Gasteiger partial charge in [0.2, 0.25) is 0 Å². The number of ketones is 1. The van der Waals surface area contributed by atoms with Crippen molar-refractivity contribution < 1.29 is 28.6 Å². The van der Waals surface area contributed by atoms with Crippen LogP contribution in [0.5, 0.6) is 0 Å². The third-order valence-electron chi connectivity index (χ3n) is 8.91. The summed E-state index contributed by atoms with van der Waals surface area (Å²) in [5.74, 6) is -1.47. The summed E-state index contributed by atoms with van der Waals surface area (Å²) in [6.07, 6.45) is 5.50. The second-order valence-electron chi connectivity index (χ2n) is 12.8. The second kappa shape index (κ2) is 12.1. The number of hydrogen-bond donors (Lipinski definition) is 2. The topological polar surface area (TPSA) is 120 Å². The number of ether oxygens (including phenoxy) is 2. The van der Waals surface area contributed by atoms with E-state index in [0.29, 0.717) is 24.2 Å². The third-order valence-corrected chi connectivity index (χ3v) is 8.91. The number of aliphatic hydroxyl groups is 1. The Morgan fingerprint density at radius 1 is 1.20 bits per heavy atom. The summed E-state index contributed by atoms with van der Waals surface area (Å²) in [5, 5.41) is 15.4. The smallest absolute Gasteiger partial charge is 0.306 e. The summed E-state index contributed by atoms with van der Waals surface area (Å²) in [6.45, 7) is 11.4. The van der Waals surface area contributed by atoms with Crippen LogP contribution in [-0.2, 0) is 19.1 Å². The van der Waals surface area contributed by atoms with Crippen molar-refractivity contribution >= 4 is 23.5 Å². The van der Waals surface area contributed by atoms with Gasteiger partial charge in [0.15, 0.2) is 5.82 Å². The molecule has 41 heavy (non-hydrogen) atoms. The van der Waals surface area contributed by atoms with E-state index in [-0.39, 0.29) is 35.5 Å². The van der Waals surface area contributed by atoms with Crippen molar-refractivity contribution in [1.82, 2.24) is 9.78 Å². The lowest BCUT2D eigenvalue weighted by Gasteiger charge is -2.31. The molecule has 9 heteroatoms. The average molecular weight is 570 g/mol. The number of epoxide rings is 1.